The zero-order valence-corrected chi connectivity index (χ0v) is 14.6. The van der Waals surface area contributed by atoms with Gasteiger partial charge in [-0.2, -0.15) is 0 Å². The van der Waals surface area contributed by atoms with Crippen LogP contribution in [0.15, 0.2) is 46.8 Å². The van der Waals surface area contributed by atoms with E-state index in [0.717, 1.165) is 0 Å². The van der Waals surface area contributed by atoms with Gasteiger partial charge in [-0.3, -0.25) is 14.9 Å². The van der Waals surface area contributed by atoms with Crippen LogP contribution in [-0.2, 0) is 4.79 Å². The van der Waals surface area contributed by atoms with Crippen LogP contribution in [-0.4, -0.2) is 21.1 Å². The minimum atomic E-state index is -0.504. The Morgan fingerprint density at radius 2 is 2.12 bits per heavy atom. The molecule has 0 fully saturated rings. The lowest BCUT2D eigenvalue weighted by Crippen LogP contribution is -2.22. The molecule has 0 unspecified atom stereocenters. The van der Waals surface area contributed by atoms with Crippen LogP contribution < -0.4 is 5.32 Å². The number of nitrogens with zero attached hydrogens (tertiary/aromatic N) is 2. The van der Waals surface area contributed by atoms with E-state index in [1.165, 1.54) is 47.4 Å². The van der Waals surface area contributed by atoms with Crippen molar-refractivity contribution in [1.29, 1.82) is 0 Å². The molecule has 0 saturated heterocycles. The Balaban J connectivity index is 1.73. The van der Waals surface area contributed by atoms with E-state index in [2.05, 4.69) is 10.3 Å². The van der Waals surface area contributed by atoms with Crippen LogP contribution in [0.5, 0.6) is 0 Å². The van der Waals surface area contributed by atoms with Gasteiger partial charge in [0.1, 0.15) is 5.82 Å². The van der Waals surface area contributed by atoms with Gasteiger partial charge in [-0.15, -0.1) is 11.3 Å². The number of para-hydroxylation sites is 1. The second-order valence-corrected chi connectivity index (χ2v) is 7.74. The van der Waals surface area contributed by atoms with Crippen molar-refractivity contribution in [1.82, 2.24) is 4.98 Å². The van der Waals surface area contributed by atoms with Crippen molar-refractivity contribution in [2.45, 2.75) is 16.5 Å². The number of non-ortho nitro benzene ring substituents is 1. The lowest BCUT2D eigenvalue weighted by molar-refractivity contribution is -0.384. The maximum Gasteiger partial charge on any atom is 0.270 e. The number of hydrogen-bond acceptors (Lipinski definition) is 6. The Bertz CT molecular complexity index is 961. The average molecular weight is 377 g/mol. The number of aromatic nitrogens is 1. The zero-order chi connectivity index (χ0) is 18.0. The van der Waals surface area contributed by atoms with Gasteiger partial charge in [0.25, 0.3) is 5.69 Å². The number of hydrogen-bond donors (Lipinski definition) is 1. The van der Waals surface area contributed by atoms with Crippen molar-refractivity contribution >= 4 is 50.6 Å². The first-order valence-corrected chi connectivity index (χ1v) is 8.90. The van der Waals surface area contributed by atoms with Gasteiger partial charge in [0, 0.05) is 12.1 Å². The number of rotatable bonds is 5. The summed E-state index contributed by atoms with van der Waals surface area (Å²) in [6, 6.07) is 10.4. The van der Waals surface area contributed by atoms with E-state index in [0.29, 0.717) is 14.6 Å². The zero-order valence-electron chi connectivity index (χ0n) is 12.9. The summed E-state index contributed by atoms with van der Waals surface area (Å²) < 4.78 is 14.9. The average Bonchev–Trinajstić information content (AvgIpc) is 2.98. The highest BCUT2D eigenvalue weighted by Crippen LogP contribution is 2.34. The SMILES string of the molecule is C[C@@H](Sc1nc2ccc([N+](=O)[O-])cc2s1)C(=O)Nc1ccccc1F. The van der Waals surface area contributed by atoms with E-state index in [4.69, 9.17) is 0 Å². The molecule has 1 N–H and O–H groups in total. The van der Waals surface area contributed by atoms with Crippen LogP contribution >= 0.6 is 23.1 Å². The molecule has 0 bridgehead atoms. The summed E-state index contributed by atoms with van der Waals surface area (Å²) in [5, 5.41) is 12.9. The molecule has 0 aliphatic carbocycles. The molecule has 128 valence electrons. The number of carbonyl (C=O) groups is 1. The quantitative estimate of drug-likeness (QED) is 0.403. The Labute approximate surface area is 150 Å². The highest BCUT2D eigenvalue weighted by Gasteiger charge is 2.19. The lowest BCUT2D eigenvalue weighted by atomic mass is 10.3. The van der Waals surface area contributed by atoms with Crippen LogP contribution in [0, 0.1) is 15.9 Å². The number of carbonyl (C=O) groups excluding carboxylic acids is 1. The fraction of sp³-hybridized carbons (Fsp3) is 0.125. The Kier molecular flexibility index (Phi) is 4.95. The summed E-state index contributed by atoms with van der Waals surface area (Å²) in [6.45, 7) is 1.69. The molecule has 0 aliphatic rings. The molecule has 6 nitrogen and oxygen atoms in total. The molecule has 2 aromatic carbocycles. The molecule has 3 rings (SSSR count). The number of amides is 1. The lowest BCUT2D eigenvalue weighted by Gasteiger charge is -2.10. The Morgan fingerprint density at radius 3 is 2.84 bits per heavy atom. The van der Waals surface area contributed by atoms with E-state index < -0.39 is 16.0 Å². The number of benzene rings is 2. The fourth-order valence-corrected chi connectivity index (χ4v) is 4.30. The first-order chi connectivity index (χ1) is 11.9. The molecule has 0 saturated carbocycles. The van der Waals surface area contributed by atoms with Crippen molar-refractivity contribution in [3.63, 3.8) is 0 Å². The number of fused-ring (bicyclic) bond motifs is 1. The summed E-state index contributed by atoms with van der Waals surface area (Å²) >= 11 is 2.50. The molecule has 0 aliphatic heterocycles. The van der Waals surface area contributed by atoms with Gasteiger partial charge in [0.05, 0.1) is 26.1 Å². The molecular weight excluding hydrogens is 365 g/mol. The first-order valence-electron chi connectivity index (χ1n) is 7.21. The van der Waals surface area contributed by atoms with Gasteiger partial charge in [0.2, 0.25) is 5.91 Å². The fourth-order valence-electron chi connectivity index (χ4n) is 2.06. The summed E-state index contributed by atoms with van der Waals surface area (Å²) in [4.78, 5) is 26.9. The van der Waals surface area contributed by atoms with E-state index in [1.54, 1.807) is 25.1 Å². The van der Waals surface area contributed by atoms with Crippen LogP contribution in [0.4, 0.5) is 15.8 Å². The molecule has 3 aromatic rings. The van der Waals surface area contributed by atoms with Gasteiger partial charge in [-0.1, -0.05) is 23.9 Å². The Hall–Kier alpha value is -2.52. The summed E-state index contributed by atoms with van der Waals surface area (Å²) in [5.74, 6) is -0.847. The Morgan fingerprint density at radius 1 is 1.36 bits per heavy atom. The molecular formula is C16H12FN3O3S2. The van der Waals surface area contributed by atoms with Crippen molar-refractivity contribution in [2.75, 3.05) is 5.32 Å². The molecule has 9 heteroatoms. The van der Waals surface area contributed by atoms with Gasteiger partial charge in [0.15, 0.2) is 4.34 Å². The molecule has 1 amide bonds. The number of thiazole rings is 1. The second-order valence-electron chi connectivity index (χ2n) is 5.12. The van der Waals surface area contributed by atoms with E-state index in [9.17, 15) is 19.3 Å². The number of thioether (sulfide) groups is 1. The van der Waals surface area contributed by atoms with Crippen LogP contribution in [0.2, 0.25) is 0 Å². The maximum atomic E-state index is 13.6. The molecule has 1 heterocycles. The topological polar surface area (TPSA) is 85.1 Å². The number of halogens is 1. The maximum absolute atomic E-state index is 13.6. The second kappa shape index (κ2) is 7.16. The third-order valence-corrected chi connectivity index (χ3v) is 5.55. The highest BCUT2D eigenvalue weighted by atomic mass is 32.2. The molecule has 1 atom stereocenters. The van der Waals surface area contributed by atoms with E-state index in [-0.39, 0.29) is 17.3 Å². The summed E-state index contributed by atoms with van der Waals surface area (Å²) in [7, 11) is 0. The van der Waals surface area contributed by atoms with Gasteiger partial charge < -0.3 is 5.32 Å². The smallest absolute Gasteiger partial charge is 0.270 e. The normalized spacial score (nSPS) is 12.1. The van der Waals surface area contributed by atoms with Crippen molar-refractivity contribution in [3.8, 4) is 0 Å². The number of nitrogens with one attached hydrogen (secondary N) is 1. The minimum Gasteiger partial charge on any atom is -0.323 e. The number of nitro benzene ring substituents is 1. The number of anilines is 1. The van der Waals surface area contributed by atoms with Gasteiger partial charge >= 0.3 is 0 Å². The third kappa shape index (κ3) is 3.94. The molecule has 1 aromatic heterocycles. The van der Waals surface area contributed by atoms with Gasteiger partial charge in [-0.25, -0.2) is 9.37 Å². The number of nitro groups is 1. The summed E-state index contributed by atoms with van der Waals surface area (Å²) in [5.41, 5.74) is 0.762. The van der Waals surface area contributed by atoms with Crippen LogP contribution in [0.25, 0.3) is 10.2 Å². The van der Waals surface area contributed by atoms with Crippen molar-refractivity contribution < 1.29 is 14.1 Å². The third-order valence-electron chi connectivity index (χ3n) is 3.34. The largest absolute Gasteiger partial charge is 0.323 e. The molecule has 0 spiro atoms. The monoisotopic (exact) mass is 377 g/mol. The molecule has 0 radical (unpaired) electrons. The van der Waals surface area contributed by atoms with Gasteiger partial charge in [-0.05, 0) is 25.1 Å². The standard InChI is InChI=1S/C16H12FN3O3S2/c1-9(15(21)18-12-5-3-2-4-11(12)17)24-16-19-13-7-6-10(20(22)23)8-14(13)25-16/h2-9H,1H3,(H,18,21)/t9-/m1/s1. The first kappa shape index (κ1) is 17.3. The minimum absolute atomic E-state index is 0.00181. The van der Waals surface area contributed by atoms with Crippen LogP contribution in [0.3, 0.4) is 0 Å². The highest BCUT2D eigenvalue weighted by molar-refractivity contribution is 8.02. The predicted molar refractivity (Wildman–Crippen MR) is 96.6 cm³/mol. The van der Waals surface area contributed by atoms with Crippen molar-refractivity contribution in [2.24, 2.45) is 0 Å². The van der Waals surface area contributed by atoms with E-state index >= 15 is 0 Å². The summed E-state index contributed by atoms with van der Waals surface area (Å²) in [6.07, 6.45) is 0. The van der Waals surface area contributed by atoms with Crippen molar-refractivity contribution in [3.05, 3.63) is 58.4 Å². The van der Waals surface area contributed by atoms with E-state index in [1.807, 2.05) is 0 Å². The predicted octanol–water partition coefficient (Wildman–Crippen LogP) is 4.46. The van der Waals surface area contributed by atoms with Crippen LogP contribution in [0.1, 0.15) is 6.92 Å². The molecule has 25 heavy (non-hydrogen) atoms.